The lowest BCUT2D eigenvalue weighted by atomic mass is 10.1. The number of thiophene rings is 1. The molecule has 8 nitrogen and oxygen atoms in total. The predicted octanol–water partition coefficient (Wildman–Crippen LogP) is 5.28. The van der Waals surface area contributed by atoms with E-state index in [9.17, 15) is 4.79 Å². The average molecular weight is 484 g/mol. The van der Waals surface area contributed by atoms with Crippen molar-refractivity contribution >= 4 is 51.2 Å². The highest BCUT2D eigenvalue weighted by Crippen LogP contribution is 2.27. The predicted molar refractivity (Wildman–Crippen MR) is 143 cm³/mol. The summed E-state index contributed by atoms with van der Waals surface area (Å²) in [5.74, 6) is 0.211. The van der Waals surface area contributed by atoms with Crippen LogP contribution in [0.4, 0.5) is 17.1 Å². The van der Waals surface area contributed by atoms with Crippen molar-refractivity contribution in [3.8, 4) is 6.19 Å². The summed E-state index contributed by atoms with van der Waals surface area (Å²) >= 11 is 1.38. The van der Waals surface area contributed by atoms with Gasteiger partial charge >= 0.3 is 0 Å². The second-order valence-corrected chi connectivity index (χ2v) is 8.96. The van der Waals surface area contributed by atoms with Crippen molar-refractivity contribution < 1.29 is 4.79 Å². The first-order chi connectivity index (χ1) is 17.0. The van der Waals surface area contributed by atoms with Gasteiger partial charge < -0.3 is 20.9 Å². The fourth-order valence-corrected chi connectivity index (χ4v) is 4.32. The Morgan fingerprint density at radius 3 is 2.74 bits per heavy atom. The van der Waals surface area contributed by atoms with Crippen molar-refractivity contribution in [2.45, 2.75) is 13.5 Å². The topological polar surface area (TPSA) is 105 Å². The monoisotopic (exact) mass is 483 g/mol. The van der Waals surface area contributed by atoms with Gasteiger partial charge in [-0.05, 0) is 53.8 Å². The van der Waals surface area contributed by atoms with Gasteiger partial charge in [-0.3, -0.25) is 9.78 Å². The lowest BCUT2D eigenvalue weighted by molar-refractivity contribution is 0.103. The molecule has 176 valence electrons. The number of aliphatic imine (C=N–C) groups is 1. The quantitative estimate of drug-likeness (QED) is 0.196. The maximum Gasteiger partial charge on any atom is 0.267 e. The number of rotatable bonds is 6. The van der Waals surface area contributed by atoms with Crippen LogP contribution < -0.4 is 16.0 Å². The average Bonchev–Trinajstić information content (AvgIpc) is 3.33. The standard InChI is InChI=1S/C26H25N7OS/c1-17-8-9-19(14-23(17)32-26(30-16-27)33(2)3)31-25(34)24-22(11-13-35-24)29-15-18-10-12-28-21-7-5-4-6-20(18)21/h4-14,29H,15H2,1-3H3,(H,30,32)(H,31,34). The minimum atomic E-state index is -0.199. The number of pyridine rings is 1. The molecule has 4 rings (SSSR count). The number of amides is 1. The van der Waals surface area contributed by atoms with Crippen LogP contribution in [-0.4, -0.2) is 35.8 Å². The number of benzene rings is 2. The Morgan fingerprint density at radius 1 is 1.11 bits per heavy atom. The van der Waals surface area contributed by atoms with Gasteiger partial charge in [0.2, 0.25) is 12.2 Å². The van der Waals surface area contributed by atoms with E-state index in [-0.39, 0.29) is 5.91 Å². The SMILES string of the molecule is Cc1ccc(NC(=O)c2sccc2NCc2ccnc3ccccc23)cc1N/C(=N/C#N)N(C)C. The van der Waals surface area contributed by atoms with Crippen LogP contribution in [-0.2, 0) is 6.54 Å². The van der Waals surface area contributed by atoms with Crippen molar-refractivity contribution in [1.82, 2.24) is 9.88 Å². The van der Waals surface area contributed by atoms with E-state index in [1.807, 2.05) is 66.9 Å². The molecular weight excluding hydrogens is 458 g/mol. The second kappa shape index (κ2) is 10.7. The lowest BCUT2D eigenvalue weighted by Gasteiger charge is -2.18. The van der Waals surface area contributed by atoms with Gasteiger partial charge in [0.1, 0.15) is 4.88 Å². The highest BCUT2D eigenvalue weighted by atomic mass is 32.1. The second-order valence-electron chi connectivity index (χ2n) is 8.04. The molecule has 0 spiro atoms. The number of hydrogen-bond acceptors (Lipinski definition) is 6. The first kappa shape index (κ1) is 23.7. The van der Waals surface area contributed by atoms with Crippen molar-refractivity contribution in [3.63, 3.8) is 0 Å². The van der Waals surface area contributed by atoms with Crippen molar-refractivity contribution in [2.75, 3.05) is 30.0 Å². The van der Waals surface area contributed by atoms with Gasteiger partial charge in [-0.15, -0.1) is 16.3 Å². The molecule has 0 aliphatic rings. The van der Waals surface area contributed by atoms with Crippen LogP contribution in [0.25, 0.3) is 10.9 Å². The third kappa shape index (κ3) is 5.57. The number of aromatic nitrogens is 1. The molecule has 0 aliphatic heterocycles. The van der Waals surface area contributed by atoms with E-state index in [1.165, 1.54) is 11.3 Å². The van der Waals surface area contributed by atoms with E-state index in [0.717, 1.165) is 33.4 Å². The van der Waals surface area contributed by atoms with Crippen molar-refractivity contribution in [2.24, 2.45) is 4.99 Å². The Kier molecular flexibility index (Phi) is 7.24. The van der Waals surface area contributed by atoms with Crippen LogP contribution in [0.5, 0.6) is 0 Å². The largest absolute Gasteiger partial charge is 0.380 e. The van der Waals surface area contributed by atoms with Crippen LogP contribution in [0.3, 0.4) is 0 Å². The molecule has 0 saturated heterocycles. The van der Waals surface area contributed by atoms with Crippen LogP contribution in [0.15, 0.2) is 71.2 Å². The molecule has 0 saturated carbocycles. The van der Waals surface area contributed by atoms with Gasteiger partial charge in [-0.25, -0.2) is 0 Å². The number of fused-ring (bicyclic) bond motifs is 1. The van der Waals surface area contributed by atoms with Crippen LogP contribution in [0, 0.1) is 18.4 Å². The van der Waals surface area contributed by atoms with E-state index < -0.39 is 0 Å². The lowest BCUT2D eigenvalue weighted by Crippen LogP contribution is -2.29. The molecule has 2 aromatic heterocycles. The zero-order valence-corrected chi connectivity index (χ0v) is 20.5. The van der Waals surface area contributed by atoms with Gasteiger partial charge in [0.25, 0.3) is 5.91 Å². The Balaban J connectivity index is 1.48. The van der Waals surface area contributed by atoms with Gasteiger partial charge in [0.05, 0.1) is 11.2 Å². The number of nitriles is 1. The van der Waals surface area contributed by atoms with Crippen molar-refractivity contribution in [1.29, 1.82) is 5.26 Å². The molecule has 4 aromatic rings. The van der Waals surface area contributed by atoms with Gasteiger partial charge in [-0.2, -0.15) is 5.26 Å². The number of aryl methyl sites for hydroxylation is 1. The fraction of sp³-hybridized carbons (Fsp3) is 0.154. The van der Waals surface area contributed by atoms with Gasteiger partial charge in [-0.1, -0.05) is 24.3 Å². The molecule has 0 bridgehead atoms. The minimum Gasteiger partial charge on any atom is -0.380 e. The molecule has 3 N–H and O–H groups in total. The fourth-order valence-electron chi connectivity index (χ4n) is 3.55. The molecule has 2 aromatic carbocycles. The van der Waals surface area contributed by atoms with E-state index in [4.69, 9.17) is 5.26 Å². The number of carbonyl (C=O) groups is 1. The Bertz CT molecular complexity index is 1430. The number of para-hydroxylation sites is 1. The maximum atomic E-state index is 13.1. The number of nitrogens with zero attached hydrogens (tertiary/aromatic N) is 4. The molecule has 0 atom stereocenters. The summed E-state index contributed by atoms with van der Waals surface area (Å²) in [7, 11) is 3.59. The minimum absolute atomic E-state index is 0.199. The number of nitrogens with one attached hydrogen (secondary N) is 3. The summed E-state index contributed by atoms with van der Waals surface area (Å²) in [5, 5.41) is 21.4. The van der Waals surface area contributed by atoms with Gasteiger partial charge in [0.15, 0.2) is 0 Å². The maximum absolute atomic E-state index is 13.1. The number of guanidine groups is 1. The van der Waals surface area contributed by atoms with Gasteiger partial charge in [0, 0.05) is 43.6 Å². The molecular formula is C26H25N7OS. The molecule has 0 fully saturated rings. The first-order valence-electron chi connectivity index (χ1n) is 10.9. The van der Waals surface area contributed by atoms with E-state index in [0.29, 0.717) is 23.1 Å². The normalized spacial score (nSPS) is 11.1. The third-order valence-corrected chi connectivity index (χ3v) is 6.31. The molecule has 0 unspecified atom stereocenters. The van der Waals surface area contributed by atoms with E-state index in [1.54, 1.807) is 31.4 Å². The van der Waals surface area contributed by atoms with Crippen LogP contribution in [0.1, 0.15) is 20.8 Å². The summed E-state index contributed by atoms with van der Waals surface area (Å²) in [6.07, 6.45) is 3.60. The van der Waals surface area contributed by atoms with E-state index in [2.05, 4.69) is 25.9 Å². The highest BCUT2D eigenvalue weighted by Gasteiger charge is 2.15. The first-order valence-corrected chi connectivity index (χ1v) is 11.8. The molecule has 0 aliphatic carbocycles. The highest BCUT2D eigenvalue weighted by molar-refractivity contribution is 7.12. The molecule has 2 heterocycles. The summed E-state index contributed by atoms with van der Waals surface area (Å²) in [5.41, 5.74) is 5.17. The van der Waals surface area contributed by atoms with E-state index >= 15 is 0 Å². The summed E-state index contributed by atoms with van der Waals surface area (Å²) in [6, 6.07) is 17.5. The molecule has 0 radical (unpaired) electrons. The number of anilines is 3. The van der Waals surface area contributed by atoms with Crippen LogP contribution >= 0.6 is 11.3 Å². The molecule has 9 heteroatoms. The number of carbonyl (C=O) groups excluding carboxylic acids is 1. The Hall–Kier alpha value is -4.42. The Labute approximate surface area is 208 Å². The molecule has 35 heavy (non-hydrogen) atoms. The summed E-state index contributed by atoms with van der Waals surface area (Å²) < 4.78 is 0. The third-order valence-electron chi connectivity index (χ3n) is 5.40. The molecule has 1 amide bonds. The smallest absolute Gasteiger partial charge is 0.267 e. The Morgan fingerprint density at radius 2 is 1.94 bits per heavy atom. The number of hydrogen-bond donors (Lipinski definition) is 3. The zero-order chi connectivity index (χ0) is 24.8. The summed E-state index contributed by atoms with van der Waals surface area (Å²) in [4.78, 5) is 23.6. The summed E-state index contributed by atoms with van der Waals surface area (Å²) in [6.45, 7) is 2.52. The van der Waals surface area contributed by atoms with Crippen molar-refractivity contribution in [3.05, 3.63) is 82.2 Å². The van der Waals surface area contributed by atoms with Crippen LogP contribution in [0.2, 0.25) is 0 Å². The zero-order valence-electron chi connectivity index (χ0n) is 19.7.